The number of nitrogens with one attached hydrogen (secondary N) is 1. The third-order valence-electron chi connectivity index (χ3n) is 3.53. The van der Waals surface area contributed by atoms with Crippen molar-refractivity contribution in [3.63, 3.8) is 0 Å². The third-order valence-corrected chi connectivity index (χ3v) is 5.47. The monoisotopic (exact) mass is 445 g/mol. The molecule has 2 N–H and O–H groups in total. The fraction of sp³-hybridized carbons (Fsp3) is 0.176. The summed E-state index contributed by atoms with van der Waals surface area (Å²) in [6.07, 6.45) is 2.14. The molecule has 28 heavy (non-hydrogen) atoms. The molecule has 0 aliphatic heterocycles. The summed E-state index contributed by atoms with van der Waals surface area (Å²) in [5.74, 6) is -0.624. The van der Waals surface area contributed by atoms with E-state index in [1.807, 2.05) is 0 Å². The minimum atomic E-state index is -3.82. The topological polar surface area (TPSA) is 108 Å². The first-order chi connectivity index (χ1) is 13.1. The van der Waals surface area contributed by atoms with Crippen molar-refractivity contribution in [1.29, 1.82) is 0 Å². The van der Waals surface area contributed by atoms with E-state index in [-0.39, 0.29) is 27.2 Å². The van der Waals surface area contributed by atoms with Crippen LogP contribution in [0.15, 0.2) is 41.5 Å². The number of phenolic OH excluding ortho intramolecular Hbond substituents is 1. The van der Waals surface area contributed by atoms with Gasteiger partial charge in [-0.2, -0.15) is 5.10 Å². The fourth-order valence-corrected chi connectivity index (χ4v) is 3.52. The number of hydrogen-bond donors (Lipinski definition) is 2. The second kappa shape index (κ2) is 9.13. The molecule has 0 bridgehead atoms. The Morgan fingerprint density at radius 1 is 1.29 bits per heavy atom. The Morgan fingerprint density at radius 2 is 1.96 bits per heavy atom. The predicted octanol–water partition coefficient (Wildman–Crippen LogP) is 2.62. The Hall–Kier alpha value is -2.49. The first-order valence-corrected chi connectivity index (χ1v) is 10.3. The van der Waals surface area contributed by atoms with E-state index in [2.05, 4.69) is 10.5 Å². The van der Waals surface area contributed by atoms with Gasteiger partial charge in [-0.25, -0.2) is 13.8 Å². The van der Waals surface area contributed by atoms with Crippen LogP contribution in [0.3, 0.4) is 0 Å². The molecule has 0 fully saturated rings. The summed E-state index contributed by atoms with van der Waals surface area (Å²) >= 11 is 12.0. The molecular weight excluding hydrogens is 429 g/mol. The molecule has 0 atom stereocenters. The van der Waals surface area contributed by atoms with Crippen LogP contribution >= 0.6 is 23.2 Å². The highest BCUT2D eigenvalue weighted by atomic mass is 35.5. The molecule has 0 aliphatic carbocycles. The summed E-state index contributed by atoms with van der Waals surface area (Å²) in [7, 11) is -2.42. The predicted molar refractivity (Wildman–Crippen MR) is 109 cm³/mol. The van der Waals surface area contributed by atoms with Crippen molar-refractivity contribution < 1.29 is 23.1 Å². The van der Waals surface area contributed by atoms with Gasteiger partial charge in [-0.05, 0) is 24.3 Å². The average Bonchev–Trinajstić information content (AvgIpc) is 2.63. The van der Waals surface area contributed by atoms with Crippen molar-refractivity contribution in [3.05, 3.63) is 52.0 Å². The average molecular weight is 446 g/mol. The van der Waals surface area contributed by atoms with Crippen LogP contribution in [-0.2, 0) is 14.8 Å². The molecule has 2 aromatic rings. The molecule has 2 rings (SSSR count). The number of rotatable bonds is 7. The van der Waals surface area contributed by atoms with E-state index < -0.39 is 22.5 Å². The Balaban J connectivity index is 2.16. The zero-order valence-corrected chi connectivity index (χ0v) is 17.2. The summed E-state index contributed by atoms with van der Waals surface area (Å²) in [4.78, 5) is 12.2. The van der Waals surface area contributed by atoms with E-state index in [4.69, 9.17) is 27.9 Å². The first-order valence-electron chi connectivity index (χ1n) is 7.74. The van der Waals surface area contributed by atoms with Gasteiger partial charge in [0.25, 0.3) is 5.91 Å². The van der Waals surface area contributed by atoms with Gasteiger partial charge < -0.3 is 9.84 Å². The largest absolute Gasteiger partial charge is 0.504 e. The Bertz CT molecular complexity index is 1010. The smallest absolute Gasteiger partial charge is 0.260 e. The number of methoxy groups -OCH3 is 1. The SMILES string of the molecule is COc1cccc(/C=N\NC(=O)CN(c2cccc(Cl)c2Cl)S(C)(=O)=O)c1O. The standard InChI is InChI=1S/C17H17Cl2N3O5S/c1-27-14-8-3-5-11(17(14)24)9-20-21-15(23)10-22(28(2,25)26)13-7-4-6-12(18)16(13)19/h3-9,24H,10H2,1-2H3,(H,21,23)/b20-9-. The molecule has 2 aromatic carbocycles. The number of anilines is 1. The van der Waals surface area contributed by atoms with Crippen molar-refractivity contribution >= 4 is 51.0 Å². The highest BCUT2D eigenvalue weighted by Gasteiger charge is 2.23. The fourth-order valence-electron chi connectivity index (χ4n) is 2.21. The number of ether oxygens (including phenoxy) is 1. The number of carbonyl (C=O) groups is 1. The van der Waals surface area contributed by atoms with E-state index in [0.717, 1.165) is 10.6 Å². The maximum absolute atomic E-state index is 12.2. The van der Waals surface area contributed by atoms with Crippen molar-refractivity contribution in [3.8, 4) is 11.5 Å². The molecule has 1 amide bonds. The van der Waals surface area contributed by atoms with Gasteiger partial charge in [0.2, 0.25) is 10.0 Å². The summed E-state index contributed by atoms with van der Waals surface area (Å²) in [6.45, 7) is -0.569. The molecule has 0 radical (unpaired) electrons. The number of hydrazone groups is 1. The maximum Gasteiger partial charge on any atom is 0.260 e. The quantitative estimate of drug-likeness (QED) is 0.502. The van der Waals surface area contributed by atoms with Gasteiger partial charge in [0.15, 0.2) is 11.5 Å². The van der Waals surface area contributed by atoms with Crippen molar-refractivity contribution in [2.75, 3.05) is 24.2 Å². The van der Waals surface area contributed by atoms with Gasteiger partial charge in [-0.15, -0.1) is 0 Å². The summed E-state index contributed by atoms with van der Waals surface area (Å²) in [5.41, 5.74) is 2.57. The van der Waals surface area contributed by atoms with Gasteiger partial charge in [0, 0.05) is 5.56 Å². The number of benzene rings is 2. The van der Waals surface area contributed by atoms with Gasteiger partial charge >= 0.3 is 0 Å². The number of amides is 1. The zero-order chi connectivity index (χ0) is 20.9. The van der Waals surface area contributed by atoms with E-state index >= 15 is 0 Å². The number of halogens is 2. The number of carbonyl (C=O) groups excluding carboxylic acids is 1. The zero-order valence-electron chi connectivity index (χ0n) is 14.9. The molecular formula is C17H17Cl2N3O5S. The molecule has 0 aromatic heterocycles. The molecule has 0 unspecified atom stereocenters. The first kappa shape index (κ1) is 21.8. The number of hydrogen-bond acceptors (Lipinski definition) is 6. The minimum absolute atomic E-state index is 0.00666. The van der Waals surface area contributed by atoms with Gasteiger partial charge in [0.1, 0.15) is 6.54 Å². The van der Waals surface area contributed by atoms with Crippen LogP contribution in [0.5, 0.6) is 11.5 Å². The number of aromatic hydroxyl groups is 1. The summed E-state index contributed by atoms with van der Waals surface area (Å²) in [6, 6.07) is 9.20. The van der Waals surface area contributed by atoms with Crippen LogP contribution in [-0.4, -0.2) is 45.6 Å². The number of nitrogens with zero attached hydrogens (tertiary/aromatic N) is 2. The molecule has 0 saturated carbocycles. The van der Waals surface area contributed by atoms with Crippen LogP contribution in [0.4, 0.5) is 5.69 Å². The van der Waals surface area contributed by atoms with E-state index in [9.17, 15) is 18.3 Å². The molecule has 0 saturated heterocycles. The third kappa shape index (κ3) is 5.28. The van der Waals surface area contributed by atoms with E-state index in [1.165, 1.54) is 31.5 Å². The molecule has 150 valence electrons. The molecule has 0 heterocycles. The molecule has 8 nitrogen and oxygen atoms in total. The molecule has 11 heteroatoms. The van der Waals surface area contributed by atoms with Gasteiger partial charge in [-0.1, -0.05) is 35.3 Å². The van der Waals surface area contributed by atoms with E-state index in [0.29, 0.717) is 5.56 Å². The van der Waals surface area contributed by atoms with Crippen molar-refractivity contribution in [2.45, 2.75) is 0 Å². The highest BCUT2D eigenvalue weighted by Crippen LogP contribution is 2.33. The van der Waals surface area contributed by atoms with E-state index in [1.54, 1.807) is 18.2 Å². The second-order valence-corrected chi connectivity index (χ2v) is 8.23. The number of para-hydroxylation sites is 1. The Labute approximate surface area is 172 Å². The Kier molecular flexibility index (Phi) is 7.11. The summed E-state index contributed by atoms with van der Waals surface area (Å²) in [5, 5.41) is 13.9. The molecule has 0 aliphatic rings. The lowest BCUT2D eigenvalue weighted by Gasteiger charge is -2.22. The minimum Gasteiger partial charge on any atom is -0.504 e. The molecule has 0 spiro atoms. The van der Waals surface area contributed by atoms with Crippen LogP contribution in [0.1, 0.15) is 5.56 Å². The lowest BCUT2D eigenvalue weighted by Crippen LogP contribution is -2.39. The lowest BCUT2D eigenvalue weighted by atomic mass is 10.2. The number of phenols is 1. The van der Waals surface area contributed by atoms with Crippen LogP contribution in [0, 0.1) is 0 Å². The maximum atomic E-state index is 12.2. The Morgan fingerprint density at radius 3 is 2.61 bits per heavy atom. The van der Waals surface area contributed by atoms with Crippen molar-refractivity contribution in [2.24, 2.45) is 5.10 Å². The van der Waals surface area contributed by atoms with Crippen LogP contribution in [0.25, 0.3) is 0 Å². The second-order valence-electron chi connectivity index (χ2n) is 5.53. The van der Waals surface area contributed by atoms with Gasteiger partial charge in [0.05, 0.1) is 35.3 Å². The lowest BCUT2D eigenvalue weighted by molar-refractivity contribution is -0.119. The normalized spacial score (nSPS) is 11.4. The number of sulfonamides is 1. The van der Waals surface area contributed by atoms with Crippen molar-refractivity contribution in [1.82, 2.24) is 5.43 Å². The van der Waals surface area contributed by atoms with Crippen LogP contribution in [0.2, 0.25) is 10.0 Å². The highest BCUT2D eigenvalue weighted by molar-refractivity contribution is 7.92. The summed E-state index contributed by atoms with van der Waals surface area (Å²) < 4.78 is 30.0. The van der Waals surface area contributed by atoms with Gasteiger partial charge in [-0.3, -0.25) is 9.10 Å². The van der Waals surface area contributed by atoms with Crippen LogP contribution < -0.4 is 14.5 Å².